The minimum Gasteiger partial charge on any atom is -0.497 e. The molecule has 0 radical (unpaired) electrons. The van der Waals surface area contributed by atoms with Gasteiger partial charge in [-0.05, 0) is 50.1 Å². The first-order valence-electron chi connectivity index (χ1n) is 12.5. The molecule has 8 nitrogen and oxygen atoms in total. The summed E-state index contributed by atoms with van der Waals surface area (Å²) < 4.78 is 11.5. The highest BCUT2D eigenvalue weighted by atomic mass is 16.5. The number of hydrogen-bond donors (Lipinski definition) is 3. The Balaban J connectivity index is 1.72. The van der Waals surface area contributed by atoms with Crippen LogP contribution in [0, 0.1) is 0 Å². The second kappa shape index (κ2) is 11.6. The highest BCUT2D eigenvalue weighted by molar-refractivity contribution is 5.96. The summed E-state index contributed by atoms with van der Waals surface area (Å²) in [7, 11) is 1.60. The van der Waals surface area contributed by atoms with Crippen LogP contribution in [0.5, 0.6) is 11.5 Å². The standard InChI is InChI=1S/C29H34N2O6/c1-18(2)15-25(33)31(13-11-19-7-6-8-20(16-19)36-3)23-17-22(29(35)30-12-14-32)26-21-9-4-5-10-24(21)37-28(26)27(23)34/h4-10,15-17,23,26-28,32,34H,11-14H2,1-3H3,(H,30,35). The lowest BCUT2D eigenvalue weighted by molar-refractivity contribution is -0.132. The first kappa shape index (κ1) is 26.4. The minimum atomic E-state index is -1.06. The molecule has 2 aromatic carbocycles. The first-order valence-corrected chi connectivity index (χ1v) is 12.5. The molecular weight excluding hydrogens is 472 g/mol. The molecule has 4 atom stereocenters. The SMILES string of the molecule is COc1cccc(CCN(C(=O)C=C(C)C)C2C=C(C(=O)NCCO)C3c4ccccc4OC3C2O)c1. The number of aliphatic hydroxyl groups excluding tert-OH is 2. The lowest BCUT2D eigenvalue weighted by Gasteiger charge is -2.40. The number of aliphatic hydroxyl groups is 2. The third kappa shape index (κ3) is 5.70. The molecule has 4 unspecified atom stereocenters. The summed E-state index contributed by atoms with van der Waals surface area (Å²) in [6.07, 6.45) is 1.95. The summed E-state index contributed by atoms with van der Waals surface area (Å²) in [5.74, 6) is 0.229. The molecule has 4 rings (SSSR count). The number of nitrogens with zero attached hydrogens (tertiary/aromatic N) is 1. The summed E-state index contributed by atoms with van der Waals surface area (Å²) >= 11 is 0. The number of rotatable bonds is 9. The molecule has 37 heavy (non-hydrogen) atoms. The van der Waals surface area contributed by atoms with Crippen LogP contribution in [-0.2, 0) is 16.0 Å². The normalized spacial score (nSPS) is 21.6. The van der Waals surface area contributed by atoms with Gasteiger partial charge in [-0.1, -0.05) is 35.9 Å². The van der Waals surface area contributed by atoms with Crippen molar-refractivity contribution in [1.82, 2.24) is 10.2 Å². The predicted molar refractivity (Wildman–Crippen MR) is 139 cm³/mol. The Labute approximate surface area is 217 Å². The van der Waals surface area contributed by atoms with E-state index >= 15 is 0 Å². The summed E-state index contributed by atoms with van der Waals surface area (Å²) in [6, 6.07) is 14.2. The Hall–Kier alpha value is -3.62. The molecule has 1 heterocycles. The summed E-state index contributed by atoms with van der Waals surface area (Å²) in [4.78, 5) is 28.2. The van der Waals surface area contributed by atoms with Crippen LogP contribution in [0.15, 0.2) is 71.8 Å². The molecule has 2 amide bonds. The van der Waals surface area contributed by atoms with Gasteiger partial charge in [-0.2, -0.15) is 0 Å². The Kier molecular flexibility index (Phi) is 8.31. The van der Waals surface area contributed by atoms with Crippen LogP contribution in [0.25, 0.3) is 0 Å². The van der Waals surface area contributed by atoms with Crippen LogP contribution in [0.3, 0.4) is 0 Å². The second-order valence-electron chi connectivity index (χ2n) is 9.54. The predicted octanol–water partition coefficient (Wildman–Crippen LogP) is 2.36. The van der Waals surface area contributed by atoms with Gasteiger partial charge in [0.2, 0.25) is 11.8 Å². The van der Waals surface area contributed by atoms with Crippen LogP contribution >= 0.6 is 0 Å². The number of allylic oxidation sites excluding steroid dienone is 1. The van der Waals surface area contributed by atoms with Gasteiger partial charge in [-0.25, -0.2) is 0 Å². The smallest absolute Gasteiger partial charge is 0.247 e. The van der Waals surface area contributed by atoms with Crippen LogP contribution < -0.4 is 14.8 Å². The van der Waals surface area contributed by atoms with Crippen LogP contribution in [-0.4, -0.2) is 72.0 Å². The zero-order valence-electron chi connectivity index (χ0n) is 21.4. The van der Waals surface area contributed by atoms with E-state index in [1.165, 1.54) is 6.08 Å². The average Bonchev–Trinajstić information content (AvgIpc) is 3.28. The first-order chi connectivity index (χ1) is 17.8. The molecule has 1 aliphatic carbocycles. The second-order valence-corrected chi connectivity index (χ2v) is 9.54. The quantitative estimate of drug-likeness (QED) is 0.451. The van der Waals surface area contributed by atoms with E-state index in [1.54, 1.807) is 18.1 Å². The maximum Gasteiger partial charge on any atom is 0.247 e. The summed E-state index contributed by atoms with van der Waals surface area (Å²) in [6.45, 7) is 3.89. The molecule has 2 aliphatic rings. The highest BCUT2D eigenvalue weighted by Crippen LogP contribution is 2.47. The van der Waals surface area contributed by atoms with E-state index in [2.05, 4.69) is 5.32 Å². The van der Waals surface area contributed by atoms with Crippen molar-refractivity contribution in [3.05, 3.63) is 83.0 Å². The number of carbonyl (C=O) groups is 2. The number of amides is 2. The van der Waals surface area contributed by atoms with Gasteiger partial charge in [0.1, 0.15) is 23.7 Å². The number of ether oxygens (including phenoxy) is 2. The summed E-state index contributed by atoms with van der Waals surface area (Å²) in [5.41, 5.74) is 3.03. The van der Waals surface area contributed by atoms with Crippen molar-refractivity contribution >= 4 is 11.8 Å². The van der Waals surface area contributed by atoms with Crippen molar-refractivity contribution < 1.29 is 29.3 Å². The Morgan fingerprint density at radius 3 is 2.68 bits per heavy atom. The van der Waals surface area contributed by atoms with E-state index in [0.717, 1.165) is 22.4 Å². The van der Waals surface area contributed by atoms with Crippen molar-refractivity contribution in [3.8, 4) is 11.5 Å². The van der Waals surface area contributed by atoms with E-state index in [-0.39, 0.29) is 25.0 Å². The molecule has 0 bridgehead atoms. The topological polar surface area (TPSA) is 108 Å². The molecule has 0 spiro atoms. The zero-order chi connectivity index (χ0) is 26.5. The van der Waals surface area contributed by atoms with Gasteiger partial charge < -0.3 is 29.9 Å². The van der Waals surface area contributed by atoms with E-state index in [9.17, 15) is 19.8 Å². The van der Waals surface area contributed by atoms with Crippen LogP contribution in [0.1, 0.15) is 30.9 Å². The van der Waals surface area contributed by atoms with Gasteiger partial charge in [0.05, 0.1) is 25.7 Å². The monoisotopic (exact) mass is 506 g/mol. The van der Waals surface area contributed by atoms with Crippen molar-refractivity contribution in [1.29, 1.82) is 0 Å². The third-order valence-electron chi connectivity index (χ3n) is 6.71. The number of benzene rings is 2. The fraction of sp³-hybridized carbons (Fsp3) is 0.379. The van der Waals surface area contributed by atoms with Crippen molar-refractivity contribution in [2.45, 2.75) is 44.4 Å². The van der Waals surface area contributed by atoms with E-state index in [0.29, 0.717) is 24.3 Å². The van der Waals surface area contributed by atoms with Gasteiger partial charge in [0.15, 0.2) is 0 Å². The molecular formula is C29H34N2O6. The number of nitrogens with one attached hydrogen (secondary N) is 1. The lowest BCUT2D eigenvalue weighted by Crippen LogP contribution is -2.56. The van der Waals surface area contributed by atoms with Crippen molar-refractivity contribution in [3.63, 3.8) is 0 Å². The Morgan fingerprint density at radius 2 is 1.95 bits per heavy atom. The number of fused-ring (bicyclic) bond motifs is 3. The maximum atomic E-state index is 13.4. The fourth-order valence-corrected chi connectivity index (χ4v) is 5.00. The van der Waals surface area contributed by atoms with Crippen LogP contribution in [0.2, 0.25) is 0 Å². The molecule has 0 saturated heterocycles. The van der Waals surface area contributed by atoms with Gasteiger partial charge in [0, 0.05) is 30.3 Å². The van der Waals surface area contributed by atoms with E-state index in [1.807, 2.05) is 62.4 Å². The minimum absolute atomic E-state index is 0.0968. The number of hydrogen-bond acceptors (Lipinski definition) is 6. The number of carbonyl (C=O) groups excluding carboxylic acids is 2. The van der Waals surface area contributed by atoms with Gasteiger partial charge in [0.25, 0.3) is 0 Å². The van der Waals surface area contributed by atoms with Crippen molar-refractivity contribution in [2.24, 2.45) is 0 Å². The molecule has 0 saturated carbocycles. The zero-order valence-corrected chi connectivity index (χ0v) is 21.4. The molecule has 0 aromatic heterocycles. The molecule has 3 N–H and O–H groups in total. The fourth-order valence-electron chi connectivity index (χ4n) is 5.00. The molecule has 8 heteroatoms. The van der Waals surface area contributed by atoms with E-state index < -0.39 is 24.2 Å². The number of para-hydroxylation sites is 1. The largest absolute Gasteiger partial charge is 0.497 e. The highest BCUT2D eigenvalue weighted by Gasteiger charge is 2.50. The third-order valence-corrected chi connectivity index (χ3v) is 6.71. The van der Waals surface area contributed by atoms with Crippen molar-refractivity contribution in [2.75, 3.05) is 26.8 Å². The number of methoxy groups -OCH3 is 1. The lowest BCUT2D eigenvalue weighted by atomic mass is 9.77. The maximum absolute atomic E-state index is 13.4. The van der Waals surface area contributed by atoms with Crippen LogP contribution in [0.4, 0.5) is 0 Å². The van der Waals surface area contributed by atoms with E-state index in [4.69, 9.17) is 9.47 Å². The molecule has 0 fully saturated rings. The molecule has 196 valence electrons. The molecule has 2 aromatic rings. The average molecular weight is 507 g/mol. The summed E-state index contributed by atoms with van der Waals surface area (Å²) in [5, 5.41) is 23.5. The Bertz CT molecular complexity index is 1200. The Morgan fingerprint density at radius 1 is 1.16 bits per heavy atom. The van der Waals surface area contributed by atoms with Gasteiger partial charge >= 0.3 is 0 Å². The van der Waals surface area contributed by atoms with Gasteiger partial charge in [-0.15, -0.1) is 0 Å². The van der Waals surface area contributed by atoms with Gasteiger partial charge in [-0.3, -0.25) is 9.59 Å². The molecule has 1 aliphatic heterocycles.